The third-order valence-corrected chi connectivity index (χ3v) is 4.55. The molecule has 0 heterocycles. The van der Waals surface area contributed by atoms with Gasteiger partial charge in [-0.3, -0.25) is 0 Å². The Bertz CT molecular complexity index is 423. The summed E-state index contributed by atoms with van der Waals surface area (Å²) >= 11 is 0. The number of para-hydroxylation sites is 1. The van der Waals surface area contributed by atoms with Crippen molar-refractivity contribution in [3.63, 3.8) is 0 Å². The summed E-state index contributed by atoms with van der Waals surface area (Å²) in [6.45, 7) is 4.83. The van der Waals surface area contributed by atoms with Crippen LogP contribution in [0.1, 0.15) is 44.6 Å². The van der Waals surface area contributed by atoms with Gasteiger partial charge in [-0.1, -0.05) is 25.5 Å². The van der Waals surface area contributed by atoms with Crippen LogP contribution in [-0.4, -0.2) is 17.3 Å². The summed E-state index contributed by atoms with van der Waals surface area (Å²) in [5.74, 6) is 0.796. The summed E-state index contributed by atoms with van der Waals surface area (Å²) in [6, 6.07) is 5.97. The van der Waals surface area contributed by atoms with Gasteiger partial charge in [0.1, 0.15) is 0 Å². The number of nitrogens with one attached hydrogen (secondary N) is 1. The normalized spacial score (nSPS) is 27.2. The van der Waals surface area contributed by atoms with E-state index in [2.05, 4.69) is 12.2 Å². The molecule has 0 bridgehead atoms. The fourth-order valence-corrected chi connectivity index (χ4v) is 2.89. The Morgan fingerprint density at radius 2 is 2.05 bits per heavy atom. The monoisotopic (exact) mass is 262 g/mol. The first kappa shape index (κ1) is 14.2. The SMILES string of the molecule is CCC1CCC(O)(CNc2cccc(C)c2N)CC1. The molecule has 0 amide bonds. The van der Waals surface area contributed by atoms with Crippen molar-refractivity contribution in [1.82, 2.24) is 0 Å². The topological polar surface area (TPSA) is 58.3 Å². The van der Waals surface area contributed by atoms with E-state index in [0.717, 1.165) is 48.5 Å². The molecule has 4 N–H and O–H groups in total. The molecule has 1 aliphatic rings. The second kappa shape index (κ2) is 5.83. The van der Waals surface area contributed by atoms with Crippen LogP contribution in [0, 0.1) is 12.8 Å². The summed E-state index contributed by atoms with van der Waals surface area (Å²) in [6.07, 6.45) is 5.29. The van der Waals surface area contributed by atoms with Gasteiger partial charge in [0, 0.05) is 6.54 Å². The van der Waals surface area contributed by atoms with Gasteiger partial charge in [-0.15, -0.1) is 0 Å². The second-order valence-corrected chi connectivity index (χ2v) is 5.97. The molecular weight excluding hydrogens is 236 g/mol. The zero-order chi connectivity index (χ0) is 13.9. The average molecular weight is 262 g/mol. The second-order valence-electron chi connectivity index (χ2n) is 5.97. The van der Waals surface area contributed by atoms with Gasteiger partial charge < -0.3 is 16.2 Å². The van der Waals surface area contributed by atoms with E-state index in [-0.39, 0.29) is 0 Å². The zero-order valence-electron chi connectivity index (χ0n) is 12.1. The number of rotatable bonds is 4. The molecule has 1 aliphatic carbocycles. The summed E-state index contributed by atoms with van der Waals surface area (Å²) in [7, 11) is 0. The Morgan fingerprint density at radius 1 is 1.37 bits per heavy atom. The summed E-state index contributed by atoms with van der Waals surface area (Å²) in [5.41, 5.74) is 8.27. The molecule has 106 valence electrons. The highest BCUT2D eigenvalue weighted by Gasteiger charge is 2.32. The van der Waals surface area contributed by atoms with Crippen LogP contribution in [0.4, 0.5) is 11.4 Å². The van der Waals surface area contributed by atoms with E-state index in [1.165, 1.54) is 6.42 Å². The molecule has 0 spiro atoms. The van der Waals surface area contributed by atoms with Gasteiger partial charge in [0.05, 0.1) is 17.0 Å². The van der Waals surface area contributed by atoms with Gasteiger partial charge in [0.15, 0.2) is 0 Å². The van der Waals surface area contributed by atoms with E-state index in [9.17, 15) is 5.11 Å². The summed E-state index contributed by atoms with van der Waals surface area (Å²) in [4.78, 5) is 0. The molecule has 1 aromatic carbocycles. The highest BCUT2D eigenvalue weighted by molar-refractivity contribution is 5.69. The molecule has 2 rings (SSSR count). The lowest BCUT2D eigenvalue weighted by atomic mass is 9.78. The Hall–Kier alpha value is -1.22. The van der Waals surface area contributed by atoms with Gasteiger partial charge in [0.2, 0.25) is 0 Å². The van der Waals surface area contributed by atoms with Gasteiger partial charge in [-0.05, 0) is 50.2 Å². The van der Waals surface area contributed by atoms with Crippen molar-refractivity contribution in [2.45, 2.75) is 51.6 Å². The predicted octanol–water partition coefficient (Wildman–Crippen LogP) is 3.32. The third-order valence-electron chi connectivity index (χ3n) is 4.55. The van der Waals surface area contributed by atoms with Crippen LogP contribution in [0.2, 0.25) is 0 Å². The van der Waals surface area contributed by atoms with Crippen molar-refractivity contribution in [1.29, 1.82) is 0 Å². The first-order valence-electron chi connectivity index (χ1n) is 7.35. The van der Waals surface area contributed by atoms with Crippen LogP contribution in [0.3, 0.4) is 0 Å². The fraction of sp³-hybridized carbons (Fsp3) is 0.625. The first-order valence-corrected chi connectivity index (χ1v) is 7.35. The van der Waals surface area contributed by atoms with Crippen LogP contribution < -0.4 is 11.1 Å². The number of anilines is 2. The van der Waals surface area contributed by atoms with E-state index in [0.29, 0.717) is 6.54 Å². The lowest BCUT2D eigenvalue weighted by molar-refractivity contribution is 0.00231. The molecule has 1 fully saturated rings. The maximum absolute atomic E-state index is 10.6. The van der Waals surface area contributed by atoms with Crippen molar-refractivity contribution in [3.05, 3.63) is 23.8 Å². The molecule has 0 saturated heterocycles. The molecular formula is C16H26N2O. The lowest BCUT2D eigenvalue weighted by Crippen LogP contribution is -2.40. The summed E-state index contributed by atoms with van der Waals surface area (Å²) in [5, 5.41) is 13.9. The minimum atomic E-state index is -0.568. The fourth-order valence-electron chi connectivity index (χ4n) is 2.89. The molecule has 0 unspecified atom stereocenters. The zero-order valence-corrected chi connectivity index (χ0v) is 12.1. The van der Waals surface area contributed by atoms with E-state index in [4.69, 9.17) is 5.73 Å². The maximum Gasteiger partial charge on any atom is 0.0819 e. The molecule has 19 heavy (non-hydrogen) atoms. The molecule has 0 radical (unpaired) electrons. The third kappa shape index (κ3) is 3.41. The standard InChI is InChI=1S/C16H26N2O/c1-3-13-7-9-16(19,10-8-13)11-18-14-6-4-5-12(2)15(14)17/h4-6,13,18-19H,3,7-11,17H2,1-2H3. The van der Waals surface area contributed by atoms with Crippen LogP contribution in [0.25, 0.3) is 0 Å². The molecule has 3 nitrogen and oxygen atoms in total. The number of benzene rings is 1. The number of aryl methyl sites for hydroxylation is 1. The van der Waals surface area contributed by atoms with E-state index in [1.54, 1.807) is 0 Å². The molecule has 0 aromatic heterocycles. The summed E-state index contributed by atoms with van der Waals surface area (Å²) < 4.78 is 0. The van der Waals surface area contributed by atoms with E-state index in [1.807, 2.05) is 25.1 Å². The largest absolute Gasteiger partial charge is 0.397 e. The molecule has 1 aromatic rings. The number of nitrogens with two attached hydrogens (primary N) is 1. The minimum Gasteiger partial charge on any atom is -0.397 e. The van der Waals surface area contributed by atoms with Crippen LogP contribution in [0.5, 0.6) is 0 Å². The van der Waals surface area contributed by atoms with Gasteiger partial charge in [-0.2, -0.15) is 0 Å². The molecule has 1 saturated carbocycles. The van der Waals surface area contributed by atoms with Gasteiger partial charge in [0.25, 0.3) is 0 Å². The van der Waals surface area contributed by atoms with Crippen LogP contribution in [0.15, 0.2) is 18.2 Å². The number of aliphatic hydroxyl groups is 1. The number of hydrogen-bond donors (Lipinski definition) is 3. The maximum atomic E-state index is 10.6. The number of nitrogen functional groups attached to an aromatic ring is 1. The van der Waals surface area contributed by atoms with Crippen LogP contribution in [-0.2, 0) is 0 Å². The number of hydrogen-bond acceptors (Lipinski definition) is 3. The van der Waals surface area contributed by atoms with E-state index < -0.39 is 5.60 Å². The molecule has 3 heteroatoms. The smallest absolute Gasteiger partial charge is 0.0819 e. The van der Waals surface area contributed by atoms with Crippen molar-refractivity contribution >= 4 is 11.4 Å². The lowest BCUT2D eigenvalue weighted by Gasteiger charge is -2.36. The average Bonchev–Trinajstić information content (AvgIpc) is 2.41. The van der Waals surface area contributed by atoms with Crippen molar-refractivity contribution < 1.29 is 5.11 Å². The van der Waals surface area contributed by atoms with Gasteiger partial charge >= 0.3 is 0 Å². The quantitative estimate of drug-likeness (QED) is 0.730. The van der Waals surface area contributed by atoms with Crippen LogP contribution >= 0.6 is 0 Å². The highest BCUT2D eigenvalue weighted by atomic mass is 16.3. The minimum absolute atomic E-state index is 0.568. The molecule has 0 atom stereocenters. The predicted molar refractivity (Wildman–Crippen MR) is 81.3 cm³/mol. The molecule has 0 aliphatic heterocycles. The highest BCUT2D eigenvalue weighted by Crippen LogP contribution is 2.34. The first-order chi connectivity index (χ1) is 9.04. The Morgan fingerprint density at radius 3 is 2.68 bits per heavy atom. The van der Waals surface area contributed by atoms with Crippen molar-refractivity contribution in [3.8, 4) is 0 Å². The Balaban J connectivity index is 1.93. The Labute approximate surface area is 116 Å². The van der Waals surface area contributed by atoms with Gasteiger partial charge in [-0.25, -0.2) is 0 Å². The van der Waals surface area contributed by atoms with E-state index >= 15 is 0 Å². The Kier molecular flexibility index (Phi) is 4.35. The van der Waals surface area contributed by atoms with Crippen molar-refractivity contribution in [2.24, 2.45) is 5.92 Å². The van der Waals surface area contributed by atoms with Crippen molar-refractivity contribution in [2.75, 3.05) is 17.6 Å².